The maximum absolute atomic E-state index is 12.7. The van der Waals surface area contributed by atoms with Crippen LogP contribution in [0.5, 0.6) is 0 Å². The van der Waals surface area contributed by atoms with E-state index >= 15 is 0 Å². The number of rotatable bonds is 6. The number of thiazole rings is 1. The zero-order valence-electron chi connectivity index (χ0n) is 17.0. The molecule has 5 nitrogen and oxygen atoms in total. The highest BCUT2D eigenvalue weighted by molar-refractivity contribution is 7.79. The van der Waals surface area contributed by atoms with Crippen molar-refractivity contribution in [2.75, 3.05) is 5.32 Å². The van der Waals surface area contributed by atoms with E-state index in [0.717, 1.165) is 28.1 Å². The zero-order valence-corrected chi connectivity index (χ0v) is 19.4. The first-order valence-electron chi connectivity index (χ1n) is 9.81. The molecule has 0 aliphatic carbocycles. The van der Waals surface area contributed by atoms with Crippen molar-refractivity contribution >= 4 is 45.1 Å². The molecular formula is C24H18ClN2O3S2-. The van der Waals surface area contributed by atoms with Gasteiger partial charge in [0.2, 0.25) is 0 Å². The van der Waals surface area contributed by atoms with Gasteiger partial charge in [0.1, 0.15) is 0 Å². The monoisotopic (exact) mass is 481 g/mol. The first-order chi connectivity index (χ1) is 15.4. The van der Waals surface area contributed by atoms with Gasteiger partial charge in [-0.2, -0.15) is 0 Å². The molecule has 32 heavy (non-hydrogen) atoms. The van der Waals surface area contributed by atoms with Gasteiger partial charge < -0.3 is 4.55 Å². The Morgan fingerprint density at radius 3 is 2.41 bits per heavy atom. The van der Waals surface area contributed by atoms with Gasteiger partial charge in [0.25, 0.3) is 5.91 Å². The number of carbonyl (C=O) groups excluding carboxylic acids is 1. The molecule has 1 amide bonds. The lowest BCUT2D eigenvalue weighted by atomic mass is 10.0. The van der Waals surface area contributed by atoms with E-state index in [-0.39, 0.29) is 10.5 Å². The standard InChI is InChI=1S/C24H19ClN2O3S2/c1-2-15-6-8-17(9-7-15)22-21(16-10-12-19(25)13-11-16)26-24(31-22)27-23(28)18-4-3-5-20(14-18)32(29)30/h3-14H,2H2,1H3,(H,29,30)(H,26,27,28)/p-1. The van der Waals surface area contributed by atoms with Crippen LogP contribution in [0.4, 0.5) is 5.13 Å². The van der Waals surface area contributed by atoms with Crippen LogP contribution in [-0.2, 0) is 17.5 Å². The van der Waals surface area contributed by atoms with Crippen LogP contribution in [0.2, 0.25) is 5.02 Å². The van der Waals surface area contributed by atoms with Gasteiger partial charge in [0.05, 0.1) is 10.6 Å². The molecule has 0 saturated carbocycles. The van der Waals surface area contributed by atoms with Gasteiger partial charge >= 0.3 is 0 Å². The highest BCUT2D eigenvalue weighted by atomic mass is 35.5. The van der Waals surface area contributed by atoms with Gasteiger partial charge in [-0.25, -0.2) is 4.98 Å². The Balaban J connectivity index is 1.71. The molecule has 0 fully saturated rings. The quantitative estimate of drug-likeness (QED) is 0.333. The summed E-state index contributed by atoms with van der Waals surface area (Å²) in [6.45, 7) is 2.10. The van der Waals surface area contributed by atoms with E-state index in [9.17, 15) is 13.6 Å². The van der Waals surface area contributed by atoms with E-state index in [2.05, 4.69) is 29.4 Å². The fourth-order valence-corrected chi connectivity index (χ4v) is 4.70. The second-order valence-electron chi connectivity index (χ2n) is 6.97. The Morgan fingerprint density at radius 2 is 1.75 bits per heavy atom. The highest BCUT2D eigenvalue weighted by Crippen LogP contribution is 2.39. The van der Waals surface area contributed by atoms with Crippen LogP contribution in [-0.4, -0.2) is 19.7 Å². The molecule has 0 aliphatic rings. The molecule has 1 atom stereocenters. The van der Waals surface area contributed by atoms with Crippen LogP contribution >= 0.6 is 22.9 Å². The molecule has 162 valence electrons. The minimum absolute atomic E-state index is 0.0512. The van der Waals surface area contributed by atoms with Crippen molar-refractivity contribution < 1.29 is 13.6 Å². The van der Waals surface area contributed by atoms with Crippen molar-refractivity contribution in [2.24, 2.45) is 0 Å². The Labute approximate surface area is 197 Å². The average Bonchev–Trinajstić information content (AvgIpc) is 3.23. The summed E-state index contributed by atoms with van der Waals surface area (Å²) in [6, 6.07) is 21.5. The second kappa shape index (κ2) is 9.75. The van der Waals surface area contributed by atoms with Gasteiger partial charge in [-0.3, -0.25) is 14.3 Å². The Kier molecular flexibility index (Phi) is 6.81. The smallest absolute Gasteiger partial charge is 0.257 e. The largest absolute Gasteiger partial charge is 0.768 e. The fourth-order valence-electron chi connectivity index (χ4n) is 3.17. The van der Waals surface area contributed by atoms with Crippen LogP contribution in [0.25, 0.3) is 21.7 Å². The van der Waals surface area contributed by atoms with E-state index < -0.39 is 17.0 Å². The van der Waals surface area contributed by atoms with Crippen LogP contribution in [0.1, 0.15) is 22.8 Å². The summed E-state index contributed by atoms with van der Waals surface area (Å²) in [5, 5.41) is 3.85. The number of hydrogen-bond donors (Lipinski definition) is 1. The van der Waals surface area contributed by atoms with Crippen LogP contribution in [0, 0.1) is 0 Å². The number of benzene rings is 3. The lowest BCUT2D eigenvalue weighted by Gasteiger charge is -2.07. The van der Waals surface area contributed by atoms with E-state index in [1.165, 1.54) is 35.1 Å². The summed E-state index contributed by atoms with van der Waals surface area (Å²) >= 11 is 5.00. The third-order valence-corrected chi connectivity index (χ3v) is 6.79. The first kappa shape index (κ1) is 22.4. The molecule has 0 radical (unpaired) electrons. The van der Waals surface area contributed by atoms with Gasteiger partial charge in [-0.05, 0) is 59.0 Å². The Morgan fingerprint density at radius 1 is 1.06 bits per heavy atom. The van der Waals surface area contributed by atoms with Crippen LogP contribution in [0.3, 0.4) is 0 Å². The highest BCUT2D eigenvalue weighted by Gasteiger charge is 2.17. The number of hydrogen-bond acceptors (Lipinski definition) is 5. The van der Waals surface area contributed by atoms with E-state index in [1.54, 1.807) is 18.2 Å². The molecule has 4 rings (SSSR count). The molecule has 0 spiro atoms. The molecule has 1 N–H and O–H groups in total. The van der Waals surface area contributed by atoms with Crippen LogP contribution < -0.4 is 5.32 Å². The summed E-state index contributed by atoms with van der Waals surface area (Å²) < 4.78 is 22.4. The minimum Gasteiger partial charge on any atom is -0.768 e. The third kappa shape index (κ3) is 4.97. The lowest BCUT2D eigenvalue weighted by Crippen LogP contribution is -2.12. The second-order valence-corrected chi connectivity index (χ2v) is 9.35. The molecule has 0 saturated heterocycles. The molecule has 1 unspecified atom stereocenters. The van der Waals surface area contributed by atoms with Crippen molar-refractivity contribution in [1.29, 1.82) is 0 Å². The van der Waals surface area contributed by atoms with Crippen LogP contribution in [0.15, 0.2) is 77.7 Å². The van der Waals surface area contributed by atoms with Gasteiger partial charge in [-0.1, -0.05) is 72.3 Å². The number of anilines is 1. The summed E-state index contributed by atoms with van der Waals surface area (Å²) in [6.07, 6.45) is 0.946. The molecule has 3 aromatic carbocycles. The Hall–Kier alpha value is -2.84. The van der Waals surface area contributed by atoms with Crippen molar-refractivity contribution in [1.82, 2.24) is 4.98 Å². The van der Waals surface area contributed by atoms with Gasteiger partial charge in [-0.15, -0.1) is 0 Å². The maximum atomic E-state index is 12.7. The molecule has 1 heterocycles. The van der Waals surface area contributed by atoms with E-state index in [1.807, 2.05) is 24.3 Å². The molecule has 8 heteroatoms. The van der Waals surface area contributed by atoms with Crippen molar-refractivity contribution in [3.63, 3.8) is 0 Å². The molecule has 1 aromatic heterocycles. The normalized spacial score (nSPS) is 11.8. The molecule has 0 bridgehead atoms. The van der Waals surface area contributed by atoms with E-state index in [4.69, 9.17) is 11.6 Å². The summed E-state index contributed by atoms with van der Waals surface area (Å²) in [5.41, 5.74) is 4.08. The summed E-state index contributed by atoms with van der Waals surface area (Å²) in [4.78, 5) is 18.4. The third-order valence-electron chi connectivity index (χ3n) is 4.88. The van der Waals surface area contributed by atoms with Crippen molar-refractivity contribution in [3.05, 3.63) is 88.9 Å². The van der Waals surface area contributed by atoms with Gasteiger partial charge in [0.15, 0.2) is 5.13 Å². The molecule has 0 aliphatic heterocycles. The minimum atomic E-state index is -2.41. The topological polar surface area (TPSA) is 82.1 Å². The number of nitrogens with zero attached hydrogens (tertiary/aromatic N) is 1. The zero-order chi connectivity index (χ0) is 22.7. The molecule has 4 aromatic rings. The summed E-state index contributed by atoms with van der Waals surface area (Å²) in [7, 11) is 0. The number of amides is 1. The average molecular weight is 482 g/mol. The fraction of sp³-hybridized carbons (Fsp3) is 0.0833. The van der Waals surface area contributed by atoms with Crippen molar-refractivity contribution in [3.8, 4) is 21.7 Å². The SMILES string of the molecule is CCc1ccc(-c2sc(NC(=O)c3cccc(S(=O)[O-])c3)nc2-c2ccc(Cl)cc2)cc1. The maximum Gasteiger partial charge on any atom is 0.257 e. The number of nitrogens with one attached hydrogen (secondary N) is 1. The lowest BCUT2D eigenvalue weighted by molar-refractivity contribution is 0.102. The number of halogens is 1. The first-order valence-corrected chi connectivity index (χ1v) is 12.1. The van der Waals surface area contributed by atoms with E-state index in [0.29, 0.717) is 10.2 Å². The molecular weight excluding hydrogens is 464 g/mol. The number of carbonyl (C=O) groups is 1. The Bertz CT molecular complexity index is 1290. The summed E-state index contributed by atoms with van der Waals surface area (Å²) in [5.74, 6) is -0.429. The predicted octanol–water partition coefficient (Wildman–Crippen LogP) is 6.18. The predicted molar refractivity (Wildman–Crippen MR) is 129 cm³/mol. The number of aryl methyl sites for hydroxylation is 1. The van der Waals surface area contributed by atoms with Gasteiger partial charge in [0, 0.05) is 21.0 Å². The number of aromatic nitrogens is 1. The van der Waals surface area contributed by atoms with Crippen molar-refractivity contribution in [2.45, 2.75) is 18.2 Å².